The fourth-order valence-electron chi connectivity index (χ4n) is 5.97. The van der Waals surface area contributed by atoms with E-state index in [9.17, 15) is 13.6 Å². The van der Waals surface area contributed by atoms with E-state index in [4.69, 9.17) is 5.11 Å². The number of aliphatic carboxylic acids is 1. The SMILES string of the molecule is CC1(F)C=C(F)c2nc(C3=CNC(N4CCC5(CCC(CC(=O)O)CC5)CC4)C=C3)[nH]c2C1. The van der Waals surface area contributed by atoms with E-state index in [1.807, 2.05) is 12.3 Å². The van der Waals surface area contributed by atoms with Gasteiger partial charge in [-0.1, -0.05) is 6.08 Å². The number of piperidine rings is 1. The van der Waals surface area contributed by atoms with E-state index in [-0.39, 0.29) is 18.3 Å². The monoisotopic (exact) mass is 458 g/mol. The molecule has 6 nitrogen and oxygen atoms in total. The van der Waals surface area contributed by atoms with E-state index in [0.717, 1.165) is 63.3 Å². The van der Waals surface area contributed by atoms with Gasteiger partial charge in [-0.2, -0.15) is 0 Å². The fourth-order valence-corrected chi connectivity index (χ4v) is 5.97. The topological polar surface area (TPSA) is 81.2 Å². The van der Waals surface area contributed by atoms with Crippen molar-refractivity contribution in [2.45, 2.75) is 70.1 Å². The zero-order valence-electron chi connectivity index (χ0n) is 19.0. The van der Waals surface area contributed by atoms with Crippen LogP contribution in [0.4, 0.5) is 8.78 Å². The van der Waals surface area contributed by atoms with Crippen molar-refractivity contribution < 1.29 is 18.7 Å². The van der Waals surface area contributed by atoms with Crippen molar-refractivity contribution in [3.63, 3.8) is 0 Å². The molecular weight excluding hydrogens is 426 g/mol. The Morgan fingerprint density at radius 2 is 2.00 bits per heavy atom. The molecule has 0 radical (unpaired) electrons. The Morgan fingerprint density at radius 3 is 2.64 bits per heavy atom. The zero-order chi connectivity index (χ0) is 23.2. The van der Waals surface area contributed by atoms with Gasteiger partial charge in [0, 0.05) is 43.4 Å². The molecule has 1 aromatic rings. The first-order valence-electron chi connectivity index (χ1n) is 12.0. The van der Waals surface area contributed by atoms with E-state index in [2.05, 4.69) is 26.3 Å². The number of fused-ring (bicyclic) bond motifs is 1. The maximum absolute atomic E-state index is 14.3. The summed E-state index contributed by atoms with van der Waals surface area (Å²) in [7, 11) is 0. The summed E-state index contributed by atoms with van der Waals surface area (Å²) in [5.74, 6) is -0.411. The van der Waals surface area contributed by atoms with Gasteiger partial charge in [0.25, 0.3) is 0 Å². The number of dihydropyridines is 1. The summed E-state index contributed by atoms with van der Waals surface area (Å²) in [5, 5.41) is 12.5. The molecule has 2 unspecified atom stereocenters. The average Bonchev–Trinajstić information content (AvgIpc) is 3.19. The lowest BCUT2D eigenvalue weighted by atomic mass is 9.65. The summed E-state index contributed by atoms with van der Waals surface area (Å²) in [6.07, 6.45) is 14.1. The number of aromatic nitrogens is 2. The first-order chi connectivity index (χ1) is 15.7. The highest BCUT2D eigenvalue weighted by Gasteiger charge is 2.39. The molecule has 3 heterocycles. The molecule has 5 rings (SSSR count). The number of carboxylic acids is 1. The van der Waals surface area contributed by atoms with E-state index in [1.54, 1.807) is 0 Å². The maximum atomic E-state index is 14.3. The van der Waals surface area contributed by atoms with Gasteiger partial charge in [-0.3, -0.25) is 9.69 Å². The van der Waals surface area contributed by atoms with Crippen LogP contribution in [0.2, 0.25) is 0 Å². The molecule has 1 spiro atoms. The number of alkyl halides is 1. The number of rotatable bonds is 4. The lowest BCUT2D eigenvalue weighted by Gasteiger charge is -2.47. The van der Waals surface area contributed by atoms with Crippen molar-refractivity contribution in [2.24, 2.45) is 11.3 Å². The molecule has 4 aliphatic rings. The van der Waals surface area contributed by atoms with E-state index >= 15 is 0 Å². The molecule has 3 N–H and O–H groups in total. The standard InChI is InChI=1S/C25H32F2N4O2/c1-24(27)13-18(26)22-19(14-24)29-23(30-22)17-2-3-20(28-15-17)31-10-8-25(9-11-31)6-4-16(5-7-25)12-21(32)33/h2-3,13,15-16,20,28H,4-12,14H2,1H3,(H,29,30)(H,32,33). The number of nitrogens with one attached hydrogen (secondary N) is 2. The Labute approximate surface area is 192 Å². The summed E-state index contributed by atoms with van der Waals surface area (Å²) in [5.41, 5.74) is 0.184. The highest BCUT2D eigenvalue weighted by atomic mass is 19.1. The van der Waals surface area contributed by atoms with Crippen molar-refractivity contribution in [2.75, 3.05) is 13.1 Å². The van der Waals surface area contributed by atoms with Gasteiger partial charge in [-0.25, -0.2) is 13.8 Å². The van der Waals surface area contributed by atoms with Crippen LogP contribution in [0, 0.1) is 11.3 Å². The van der Waals surface area contributed by atoms with Gasteiger partial charge < -0.3 is 15.4 Å². The van der Waals surface area contributed by atoms with Crippen LogP contribution in [-0.4, -0.2) is 50.9 Å². The van der Waals surface area contributed by atoms with Crippen LogP contribution in [-0.2, 0) is 11.2 Å². The number of allylic oxidation sites excluding steroid dienone is 3. The van der Waals surface area contributed by atoms with Crippen molar-refractivity contribution >= 4 is 17.4 Å². The molecule has 8 heteroatoms. The molecule has 1 saturated heterocycles. The number of carboxylic acid groups (broad SMARTS) is 1. The minimum absolute atomic E-state index is 0.0857. The Hall–Kier alpha value is -2.48. The molecule has 2 fully saturated rings. The normalized spacial score (nSPS) is 29.8. The molecule has 1 aromatic heterocycles. The van der Waals surface area contributed by atoms with Gasteiger partial charge in [0.1, 0.15) is 23.0 Å². The van der Waals surface area contributed by atoms with Gasteiger partial charge in [0.15, 0.2) is 0 Å². The highest BCUT2D eigenvalue weighted by Crippen LogP contribution is 2.47. The van der Waals surface area contributed by atoms with Gasteiger partial charge in [0.2, 0.25) is 0 Å². The van der Waals surface area contributed by atoms with Crippen LogP contribution in [0.5, 0.6) is 0 Å². The average molecular weight is 459 g/mol. The third-order valence-corrected chi connectivity index (χ3v) is 7.98. The lowest BCUT2D eigenvalue weighted by Crippen LogP contribution is -2.50. The first-order valence-corrected chi connectivity index (χ1v) is 12.0. The number of halogens is 2. The van der Waals surface area contributed by atoms with Gasteiger partial charge in [0.05, 0.1) is 6.17 Å². The Morgan fingerprint density at radius 1 is 1.27 bits per heavy atom. The van der Waals surface area contributed by atoms with Crippen LogP contribution in [0.3, 0.4) is 0 Å². The van der Waals surface area contributed by atoms with Crippen LogP contribution in [0.15, 0.2) is 24.4 Å². The van der Waals surface area contributed by atoms with Crippen LogP contribution in [0.1, 0.15) is 69.1 Å². The Kier molecular flexibility index (Phi) is 5.67. The lowest BCUT2D eigenvalue weighted by molar-refractivity contribution is -0.138. The minimum Gasteiger partial charge on any atom is -0.481 e. The van der Waals surface area contributed by atoms with Crippen LogP contribution in [0.25, 0.3) is 11.4 Å². The summed E-state index contributed by atoms with van der Waals surface area (Å²) in [6, 6.07) is 0. The van der Waals surface area contributed by atoms with E-state index in [1.165, 1.54) is 6.92 Å². The second-order valence-corrected chi connectivity index (χ2v) is 10.5. The fraction of sp³-hybridized carbons (Fsp3) is 0.600. The quantitative estimate of drug-likeness (QED) is 0.616. The molecule has 0 amide bonds. The summed E-state index contributed by atoms with van der Waals surface area (Å²) < 4.78 is 28.5. The van der Waals surface area contributed by atoms with Gasteiger partial charge in [-0.15, -0.1) is 0 Å². The molecule has 0 aromatic carbocycles. The molecule has 33 heavy (non-hydrogen) atoms. The second kappa shape index (κ2) is 8.38. The first kappa shape index (κ1) is 22.3. The number of carbonyl (C=O) groups is 1. The van der Waals surface area contributed by atoms with E-state index in [0.29, 0.717) is 29.3 Å². The Balaban J connectivity index is 1.16. The third kappa shape index (κ3) is 4.63. The molecule has 1 saturated carbocycles. The number of imidazole rings is 1. The molecule has 178 valence electrons. The van der Waals surface area contributed by atoms with Crippen LogP contribution < -0.4 is 5.32 Å². The van der Waals surface area contributed by atoms with Crippen molar-refractivity contribution in [3.8, 4) is 0 Å². The third-order valence-electron chi connectivity index (χ3n) is 7.98. The Bertz CT molecular complexity index is 1010. The van der Waals surface area contributed by atoms with Crippen molar-refractivity contribution in [3.05, 3.63) is 41.6 Å². The minimum atomic E-state index is -1.71. The number of nitrogens with zero attached hydrogens (tertiary/aromatic N) is 2. The van der Waals surface area contributed by atoms with E-state index < -0.39 is 17.5 Å². The summed E-state index contributed by atoms with van der Waals surface area (Å²) in [4.78, 5) is 20.9. The largest absolute Gasteiger partial charge is 0.481 e. The predicted octanol–water partition coefficient (Wildman–Crippen LogP) is 4.58. The molecule has 2 atom stereocenters. The molecule has 0 bridgehead atoms. The van der Waals surface area contributed by atoms with Gasteiger partial charge in [-0.05, 0) is 68.9 Å². The summed E-state index contributed by atoms with van der Waals surface area (Å²) in [6.45, 7) is 3.39. The zero-order valence-corrected chi connectivity index (χ0v) is 19.0. The number of hydrogen-bond donors (Lipinski definition) is 3. The smallest absolute Gasteiger partial charge is 0.303 e. The van der Waals surface area contributed by atoms with Crippen molar-refractivity contribution in [1.82, 2.24) is 20.2 Å². The summed E-state index contributed by atoms with van der Waals surface area (Å²) >= 11 is 0. The van der Waals surface area contributed by atoms with Crippen molar-refractivity contribution in [1.29, 1.82) is 0 Å². The molecule has 2 aliphatic carbocycles. The maximum Gasteiger partial charge on any atom is 0.303 e. The second-order valence-electron chi connectivity index (χ2n) is 10.5. The number of aromatic amines is 1. The molecular formula is C25H32F2N4O2. The van der Waals surface area contributed by atoms with Crippen LogP contribution >= 0.6 is 0 Å². The number of likely N-dealkylation sites (tertiary alicyclic amines) is 1. The molecule has 2 aliphatic heterocycles. The number of hydrogen-bond acceptors (Lipinski definition) is 4. The van der Waals surface area contributed by atoms with Gasteiger partial charge >= 0.3 is 5.97 Å². The number of H-pyrrole nitrogens is 1. The highest BCUT2D eigenvalue weighted by molar-refractivity contribution is 5.73. The predicted molar refractivity (Wildman–Crippen MR) is 122 cm³/mol.